The number of nitrogens with one attached hydrogen (secondary N) is 8. The summed E-state index contributed by atoms with van der Waals surface area (Å²) >= 11 is 0. The van der Waals surface area contributed by atoms with Gasteiger partial charge in [0.25, 0.3) is 5.56 Å². The number of aromatic amines is 7. The average molecular weight is 1180 g/mol. The molecule has 0 radical (unpaired) electrons. The van der Waals surface area contributed by atoms with Gasteiger partial charge in [-0.25, -0.2) is 34.0 Å². The van der Waals surface area contributed by atoms with Gasteiger partial charge in [-0.2, -0.15) is 25.5 Å². The number of aromatic nitrogens is 24. The van der Waals surface area contributed by atoms with Crippen LogP contribution >= 0.6 is 0 Å². The highest BCUT2D eigenvalue weighted by molar-refractivity contribution is 5.91. The van der Waals surface area contributed by atoms with Gasteiger partial charge in [0.2, 0.25) is 0 Å². The molecule has 14 heterocycles. The van der Waals surface area contributed by atoms with E-state index in [9.17, 15) is 14.4 Å². The first-order valence-electron chi connectivity index (χ1n) is 28.5. The van der Waals surface area contributed by atoms with Crippen molar-refractivity contribution in [1.29, 1.82) is 0 Å². The molecule has 454 valence electrons. The van der Waals surface area contributed by atoms with E-state index in [0.29, 0.717) is 63.7 Å². The number of fused-ring (bicyclic) bond motifs is 9. The summed E-state index contributed by atoms with van der Waals surface area (Å²) in [6.07, 6.45) is 19.3. The summed E-state index contributed by atoms with van der Waals surface area (Å²) in [4.78, 5) is 66.1. The van der Waals surface area contributed by atoms with Crippen LogP contribution in [0.25, 0.3) is 56.2 Å². The first-order chi connectivity index (χ1) is 41.6. The van der Waals surface area contributed by atoms with Crippen LogP contribution in [0.1, 0.15) is 178 Å². The second-order valence-corrected chi connectivity index (χ2v) is 22.3. The van der Waals surface area contributed by atoms with Gasteiger partial charge < -0.3 is 9.72 Å². The van der Waals surface area contributed by atoms with Crippen LogP contribution in [0, 0.1) is 0 Å². The van der Waals surface area contributed by atoms with Crippen molar-refractivity contribution in [2.75, 3.05) is 5.32 Å². The highest BCUT2D eigenvalue weighted by Gasteiger charge is 2.27. The van der Waals surface area contributed by atoms with E-state index in [4.69, 9.17) is 0 Å². The lowest BCUT2D eigenvalue weighted by Crippen LogP contribution is -2.22. The molecule has 13 aromatic rings. The Bertz CT molecular complexity index is 4420. The molecule has 0 unspecified atom stereocenters. The Kier molecular flexibility index (Phi) is 20.0. The standard InChI is InChI=1S/C10H12N6.C10H11N5O.C10H12N2.C9H11N3.C8H10N4O2.C7H10N2.C5H9N3/c1-5(2)8-7-9(14-13-8)12-6(3)16-4-11-15-10(7)16;1-5(2)7-6-8(14-13-7)12-10(16)15-4-3-11-9(6)15;1-8(2)9-7-11-10-5-3-4-6-12(9)10;1-7(2)8-6-10-9-4-3-5-11-12(8)9;1-3(2)5-4-6(12-11-5)9-8(14)10-7(4)13;1-6(2)7-5-8-3-4-9-7;1-4(2)5-6-3-7-8-5/h4-5H,3H2,1-2H3,(H2,12,13,14);3-5H,1-2H3,(H2,12,13,14,16);3-8H,1-2H3;3-7H,1-2H3;3H,1-2H3,(H3,9,10,11,12,13,14);3-6H,1-2H3;3-4H,1-2H3,(H,6,7,8). The lowest BCUT2D eigenvalue weighted by atomic mass is 10.0. The first-order valence-corrected chi connectivity index (χ1v) is 28.5. The molecule has 0 bridgehead atoms. The minimum atomic E-state index is -0.538. The van der Waals surface area contributed by atoms with E-state index in [-0.39, 0.29) is 11.6 Å². The third kappa shape index (κ3) is 14.5. The van der Waals surface area contributed by atoms with Gasteiger partial charge in [-0.15, -0.1) is 10.2 Å². The molecule has 1 aliphatic rings. The van der Waals surface area contributed by atoms with Gasteiger partial charge in [0.15, 0.2) is 34.2 Å². The number of rotatable bonds is 7. The summed E-state index contributed by atoms with van der Waals surface area (Å²) in [5.74, 6) is 5.98. The lowest BCUT2D eigenvalue weighted by Gasteiger charge is -2.18. The molecule has 0 saturated carbocycles. The van der Waals surface area contributed by atoms with Gasteiger partial charge in [-0.1, -0.05) is 110 Å². The lowest BCUT2D eigenvalue weighted by molar-refractivity contribution is 0.759. The summed E-state index contributed by atoms with van der Waals surface area (Å²) in [6, 6.07) is 9.91. The van der Waals surface area contributed by atoms with Crippen LogP contribution in [0.15, 0.2) is 120 Å². The van der Waals surface area contributed by atoms with Crippen LogP contribution in [0.4, 0.5) is 5.82 Å². The maximum Gasteiger partial charge on any atom is 0.332 e. The molecule has 0 saturated heterocycles. The van der Waals surface area contributed by atoms with Crippen LogP contribution in [0.5, 0.6) is 0 Å². The third-order valence-corrected chi connectivity index (χ3v) is 13.5. The van der Waals surface area contributed by atoms with Crippen LogP contribution < -0.4 is 22.3 Å². The number of hydrogen-bond acceptors (Lipinski definition) is 17. The van der Waals surface area contributed by atoms with Gasteiger partial charge in [0.05, 0.1) is 45.6 Å². The molecule has 0 fully saturated rings. The SMILES string of the molecule is C=C1Nc2n[nH]c(C(C)C)c2-c2nncn21.CC(C)c1[nH]nc2[nH]c(=O)[nH]c(=O)c12.CC(C)c1[nH]nc2[nH]c(=O)n3ccnc3c12.CC(C)c1cnc2ccccn12.CC(C)c1cnc2cccnn12.CC(C)c1cnccn1.CC(C)c1ncn[nH]1. The van der Waals surface area contributed by atoms with Crippen molar-refractivity contribution in [2.24, 2.45) is 0 Å². The monoisotopic (exact) mass is 1180 g/mol. The fourth-order valence-corrected chi connectivity index (χ4v) is 8.91. The van der Waals surface area contributed by atoms with Crippen molar-refractivity contribution >= 4 is 50.6 Å². The number of H-pyrrole nitrogens is 7. The molecule has 28 heteroatoms. The minimum Gasteiger partial charge on any atom is -0.324 e. The topological polar surface area (TPSA) is 359 Å². The maximum atomic E-state index is 11.6. The van der Waals surface area contributed by atoms with Crippen molar-refractivity contribution in [2.45, 2.75) is 138 Å². The molecule has 1 aliphatic heterocycles. The number of anilines is 1. The minimum absolute atomic E-state index is 0.159. The van der Waals surface area contributed by atoms with Crippen LogP contribution in [0.3, 0.4) is 0 Å². The van der Waals surface area contributed by atoms with Gasteiger partial charge >= 0.3 is 11.4 Å². The molecule has 87 heavy (non-hydrogen) atoms. The second kappa shape index (κ2) is 27.9. The molecule has 0 aliphatic carbocycles. The zero-order chi connectivity index (χ0) is 62.6. The van der Waals surface area contributed by atoms with Crippen LogP contribution in [-0.4, -0.2) is 119 Å². The molecule has 8 N–H and O–H groups in total. The van der Waals surface area contributed by atoms with Gasteiger partial charge in [0.1, 0.15) is 35.3 Å². The number of nitrogens with zero attached hydrogens (tertiary/aromatic N) is 17. The van der Waals surface area contributed by atoms with Crippen molar-refractivity contribution in [3.05, 3.63) is 177 Å². The Hall–Kier alpha value is -10.5. The zero-order valence-electron chi connectivity index (χ0n) is 51.3. The van der Waals surface area contributed by atoms with Crippen molar-refractivity contribution in [1.82, 2.24) is 119 Å². The Morgan fingerprint density at radius 2 is 1.22 bits per heavy atom. The van der Waals surface area contributed by atoms with Gasteiger partial charge in [-0.3, -0.25) is 59.1 Å². The van der Waals surface area contributed by atoms with E-state index in [2.05, 4.69) is 207 Å². The summed E-state index contributed by atoms with van der Waals surface area (Å²) in [5, 5.41) is 44.1. The Labute approximate surface area is 499 Å². The molecule has 0 aromatic carbocycles. The van der Waals surface area contributed by atoms with E-state index in [1.54, 1.807) is 43.5 Å². The Morgan fingerprint density at radius 3 is 1.84 bits per heavy atom. The normalized spacial score (nSPS) is 11.6. The van der Waals surface area contributed by atoms with Crippen LogP contribution in [0.2, 0.25) is 0 Å². The van der Waals surface area contributed by atoms with E-state index in [0.717, 1.165) is 68.2 Å². The maximum absolute atomic E-state index is 11.6. The average Bonchev–Trinajstić information content (AvgIpc) is 1.95. The fraction of sp³-hybridized carbons (Fsp3) is 0.356. The first kappa shape index (κ1) is 62.5. The molecule has 28 nitrogen and oxygen atoms in total. The fourth-order valence-electron chi connectivity index (χ4n) is 8.91. The molecule has 14 rings (SSSR count). The molecular weight excluding hydrogens is 1110 g/mol. The van der Waals surface area contributed by atoms with E-state index in [1.165, 1.54) is 16.4 Å². The number of pyridine rings is 1. The summed E-state index contributed by atoms with van der Waals surface area (Å²) in [7, 11) is 0. The molecule has 0 amide bonds. The largest absolute Gasteiger partial charge is 0.332 e. The summed E-state index contributed by atoms with van der Waals surface area (Å²) in [5.41, 5.74) is 9.55. The van der Waals surface area contributed by atoms with Crippen molar-refractivity contribution in [3.63, 3.8) is 0 Å². The van der Waals surface area contributed by atoms with E-state index >= 15 is 0 Å². The predicted molar refractivity (Wildman–Crippen MR) is 335 cm³/mol. The summed E-state index contributed by atoms with van der Waals surface area (Å²) in [6.45, 7) is 33.1. The zero-order valence-corrected chi connectivity index (χ0v) is 51.3. The Morgan fingerprint density at radius 1 is 0.552 bits per heavy atom. The highest BCUT2D eigenvalue weighted by Crippen LogP contribution is 2.37. The predicted octanol–water partition coefficient (Wildman–Crippen LogP) is 9.57. The van der Waals surface area contributed by atoms with Gasteiger partial charge in [0, 0.05) is 61.2 Å². The van der Waals surface area contributed by atoms with E-state index in [1.807, 2.05) is 65.7 Å². The molecular formula is C59H75N25O3. The van der Waals surface area contributed by atoms with Crippen LogP contribution in [-0.2, 0) is 0 Å². The third-order valence-electron chi connectivity index (χ3n) is 13.5. The van der Waals surface area contributed by atoms with Crippen molar-refractivity contribution < 1.29 is 0 Å². The highest BCUT2D eigenvalue weighted by atomic mass is 16.2. The Balaban J connectivity index is 0.000000133. The molecule has 0 spiro atoms. The number of hydrogen-bond donors (Lipinski definition) is 8. The molecule has 0 atom stereocenters. The quantitative estimate of drug-likeness (QED) is 0.0736. The van der Waals surface area contributed by atoms with Gasteiger partial charge in [-0.05, 0) is 59.8 Å². The summed E-state index contributed by atoms with van der Waals surface area (Å²) < 4.78 is 7.32. The number of imidazole rings is 3. The van der Waals surface area contributed by atoms with Crippen molar-refractivity contribution in [3.8, 4) is 11.4 Å². The molecule has 13 aromatic heterocycles. The second-order valence-electron chi connectivity index (χ2n) is 22.3. The van der Waals surface area contributed by atoms with E-state index < -0.39 is 11.2 Å². The smallest absolute Gasteiger partial charge is 0.324 e.